The zero-order valence-corrected chi connectivity index (χ0v) is 11.3. The first-order valence-corrected chi connectivity index (χ1v) is 6.31. The van der Waals surface area contributed by atoms with Gasteiger partial charge in [-0.05, 0) is 35.4 Å². The summed E-state index contributed by atoms with van der Waals surface area (Å²) in [5, 5.41) is 8.95. The summed E-state index contributed by atoms with van der Waals surface area (Å²) < 4.78 is 1.99. The van der Waals surface area contributed by atoms with Crippen molar-refractivity contribution in [3.05, 3.63) is 25.4 Å². The lowest BCUT2D eigenvalue weighted by molar-refractivity contribution is 0.419. The molecule has 0 atom stereocenters. The molecule has 6 heteroatoms. The molecular weight excluding hydrogens is 340 g/mol. The van der Waals surface area contributed by atoms with E-state index in [1.165, 1.54) is 6.33 Å². The van der Waals surface area contributed by atoms with Crippen molar-refractivity contribution in [1.29, 1.82) is 5.26 Å². The highest BCUT2D eigenvalue weighted by molar-refractivity contribution is 14.1. The van der Waals surface area contributed by atoms with Crippen LogP contribution in [0.1, 0.15) is 19.3 Å². The van der Waals surface area contributed by atoms with Crippen LogP contribution >= 0.6 is 34.2 Å². The van der Waals surface area contributed by atoms with Crippen LogP contribution in [0.4, 0.5) is 0 Å². The Labute approximate surface area is 111 Å². The van der Waals surface area contributed by atoms with Gasteiger partial charge in [-0.1, -0.05) is 11.6 Å². The van der Waals surface area contributed by atoms with Crippen molar-refractivity contribution in [2.24, 2.45) is 5.41 Å². The first kappa shape index (κ1) is 11.9. The highest BCUT2D eigenvalue weighted by atomic mass is 127. The number of rotatable bonds is 3. The minimum absolute atomic E-state index is 0.00281. The van der Waals surface area contributed by atoms with Crippen molar-refractivity contribution in [1.82, 2.24) is 9.55 Å². The van der Waals surface area contributed by atoms with E-state index in [9.17, 15) is 4.79 Å². The van der Waals surface area contributed by atoms with Gasteiger partial charge in [0.1, 0.15) is 8.72 Å². The summed E-state index contributed by atoms with van der Waals surface area (Å²) in [5.74, 6) is 0. The van der Waals surface area contributed by atoms with Gasteiger partial charge in [0.2, 0.25) is 0 Å². The number of halogens is 2. The van der Waals surface area contributed by atoms with Gasteiger partial charge in [0.15, 0.2) is 0 Å². The molecule has 0 amide bonds. The van der Waals surface area contributed by atoms with Crippen LogP contribution in [0.5, 0.6) is 0 Å². The lowest BCUT2D eigenvalue weighted by Crippen LogP contribution is -2.27. The Balaban J connectivity index is 2.27. The van der Waals surface area contributed by atoms with E-state index < -0.39 is 0 Å². The Morgan fingerprint density at radius 2 is 2.38 bits per heavy atom. The van der Waals surface area contributed by atoms with Crippen molar-refractivity contribution in [3.8, 4) is 6.07 Å². The van der Waals surface area contributed by atoms with Crippen molar-refractivity contribution in [3.63, 3.8) is 0 Å². The molecular formula is C10H9ClIN3O. The molecule has 0 spiro atoms. The molecule has 0 N–H and O–H groups in total. The van der Waals surface area contributed by atoms with E-state index in [-0.39, 0.29) is 16.1 Å². The maximum atomic E-state index is 11.8. The minimum atomic E-state index is -0.121. The predicted molar refractivity (Wildman–Crippen MR) is 68.1 cm³/mol. The van der Waals surface area contributed by atoms with E-state index in [0.29, 0.717) is 16.5 Å². The third-order valence-electron chi connectivity index (χ3n) is 2.86. The summed E-state index contributed by atoms with van der Waals surface area (Å²) in [6.45, 7) is 0.569. The molecule has 0 aromatic carbocycles. The summed E-state index contributed by atoms with van der Waals surface area (Å²) in [7, 11) is 0. The number of aromatic nitrogens is 2. The van der Waals surface area contributed by atoms with Gasteiger partial charge in [0, 0.05) is 18.4 Å². The van der Waals surface area contributed by atoms with Gasteiger partial charge in [-0.2, -0.15) is 5.26 Å². The molecule has 1 aromatic heterocycles. The Kier molecular flexibility index (Phi) is 3.22. The standard InChI is InChI=1S/C10H9ClIN3O/c11-8-7(12)9(16)15(6-14-8)5-10(1-2-10)3-4-13/h6H,1-3,5H2. The topological polar surface area (TPSA) is 58.7 Å². The minimum Gasteiger partial charge on any atom is -0.298 e. The smallest absolute Gasteiger partial charge is 0.268 e. The van der Waals surface area contributed by atoms with Gasteiger partial charge in [-0.3, -0.25) is 9.36 Å². The quantitative estimate of drug-likeness (QED) is 0.621. The second-order valence-electron chi connectivity index (χ2n) is 4.12. The van der Waals surface area contributed by atoms with Crippen LogP contribution in [0.25, 0.3) is 0 Å². The van der Waals surface area contributed by atoms with Crippen LogP contribution in [0.2, 0.25) is 5.15 Å². The van der Waals surface area contributed by atoms with E-state index in [4.69, 9.17) is 16.9 Å². The van der Waals surface area contributed by atoms with Crippen LogP contribution in [-0.4, -0.2) is 9.55 Å². The Bertz CT molecular complexity index is 516. The Morgan fingerprint density at radius 1 is 1.69 bits per heavy atom. The Morgan fingerprint density at radius 3 is 2.94 bits per heavy atom. The Hall–Kier alpha value is -0.610. The second-order valence-corrected chi connectivity index (χ2v) is 5.55. The molecule has 84 valence electrons. The molecule has 0 aliphatic heterocycles. The number of hydrogen-bond acceptors (Lipinski definition) is 3. The summed E-state index contributed by atoms with van der Waals surface area (Å²) in [6.07, 6.45) is 3.97. The van der Waals surface area contributed by atoms with E-state index >= 15 is 0 Å². The lowest BCUT2D eigenvalue weighted by Gasteiger charge is -2.13. The van der Waals surface area contributed by atoms with Gasteiger partial charge < -0.3 is 0 Å². The highest BCUT2D eigenvalue weighted by Crippen LogP contribution is 2.49. The molecule has 0 bridgehead atoms. The van der Waals surface area contributed by atoms with Crippen LogP contribution in [0, 0.1) is 20.3 Å². The molecule has 0 radical (unpaired) electrons. The molecule has 1 aliphatic rings. The van der Waals surface area contributed by atoms with E-state index in [0.717, 1.165) is 12.8 Å². The summed E-state index contributed by atoms with van der Waals surface area (Å²) in [6, 6.07) is 2.17. The fourth-order valence-electron chi connectivity index (χ4n) is 1.65. The number of nitrogens with zero attached hydrogens (tertiary/aromatic N) is 3. The van der Waals surface area contributed by atoms with E-state index in [1.807, 2.05) is 22.6 Å². The lowest BCUT2D eigenvalue weighted by atomic mass is 10.0. The largest absolute Gasteiger partial charge is 0.298 e. The van der Waals surface area contributed by atoms with Gasteiger partial charge in [0.25, 0.3) is 5.56 Å². The number of nitriles is 1. The first-order valence-electron chi connectivity index (χ1n) is 4.85. The van der Waals surface area contributed by atoms with E-state index in [2.05, 4.69) is 11.1 Å². The molecule has 0 unspecified atom stereocenters. The van der Waals surface area contributed by atoms with Gasteiger partial charge >= 0.3 is 0 Å². The summed E-state index contributed by atoms with van der Waals surface area (Å²) in [5.41, 5.74) is -0.123. The van der Waals surface area contributed by atoms with Crippen LogP contribution in [0.15, 0.2) is 11.1 Å². The SMILES string of the molecule is N#CCC1(Cn2cnc(Cl)c(I)c2=O)CC1. The summed E-state index contributed by atoms with van der Waals surface area (Å²) in [4.78, 5) is 15.8. The molecule has 1 aliphatic carbocycles. The van der Waals surface area contributed by atoms with Crippen molar-refractivity contribution in [2.45, 2.75) is 25.8 Å². The molecule has 4 nitrogen and oxygen atoms in total. The fraction of sp³-hybridized carbons (Fsp3) is 0.500. The van der Waals surface area contributed by atoms with Crippen LogP contribution in [-0.2, 0) is 6.54 Å². The van der Waals surface area contributed by atoms with Crippen LogP contribution in [0.3, 0.4) is 0 Å². The zero-order valence-electron chi connectivity index (χ0n) is 8.41. The monoisotopic (exact) mass is 349 g/mol. The molecule has 1 fully saturated rings. The van der Waals surface area contributed by atoms with Gasteiger partial charge in [0.05, 0.1) is 12.4 Å². The van der Waals surface area contributed by atoms with Gasteiger partial charge in [-0.15, -0.1) is 0 Å². The van der Waals surface area contributed by atoms with Crippen molar-refractivity contribution < 1.29 is 0 Å². The van der Waals surface area contributed by atoms with Gasteiger partial charge in [-0.25, -0.2) is 4.98 Å². The molecule has 1 saturated carbocycles. The van der Waals surface area contributed by atoms with Crippen LogP contribution < -0.4 is 5.56 Å². The second kappa shape index (κ2) is 4.34. The zero-order chi connectivity index (χ0) is 11.8. The van der Waals surface area contributed by atoms with E-state index in [1.54, 1.807) is 4.57 Å². The predicted octanol–water partition coefficient (Wildman–Crippen LogP) is 2.20. The summed E-state index contributed by atoms with van der Waals surface area (Å²) >= 11 is 7.64. The first-order chi connectivity index (χ1) is 7.58. The molecule has 1 heterocycles. The molecule has 2 rings (SSSR count). The average molecular weight is 350 g/mol. The highest BCUT2D eigenvalue weighted by Gasteiger charge is 2.43. The van der Waals surface area contributed by atoms with Crippen molar-refractivity contribution in [2.75, 3.05) is 0 Å². The number of hydrogen-bond donors (Lipinski definition) is 0. The normalized spacial score (nSPS) is 16.8. The third kappa shape index (κ3) is 2.23. The van der Waals surface area contributed by atoms with Crippen molar-refractivity contribution >= 4 is 34.2 Å². The third-order valence-corrected chi connectivity index (χ3v) is 4.43. The maximum Gasteiger partial charge on any atom is 0.268 e. The molecule has 1 aromatic rings. The maximum absolute atomic E-state index is 11.8. The average Bonchev–Trinajstić information content (AvgIpc) is 3.00. The molecule has 0 saturated heterocycles. The molecule has 16 heavy (non-hydrogen) atoms. The fourth-order valence-corrected chi connectivity index (χ4v) is 2.23.